The number of hydrogen-bond acceptors (Lipinski definition) is 5. The monoisotopic (exact) mass is 380 g/mol. The van der Waals surface area contributed by atoms with Crippen LogP contribution in [0.2, 0.25) is 0 Å². The predicted octanol–water partition coefficient (Wildman–Crippen LogP) is 2.36. The first-order valence-electron chi connectivity index (χ1n) is 9.46. The molecule has 2 fully saturated rings. The van der Waals surface area contributed by atoms with Crippen LogP contribution >= 0.6 is 11.8 Å². The van der Waals surface area contributed by atoms with Gasteiger partial charge in [-0.2, -0.15) is 11.8 Å². The molecule has 1 N–H and O–H groups in total. The minimum atomic E-state index is 0.191. The Hall–Kier alpha value is -1.18. The molecule has 2 aliphatic rings. The predicted molar refractivity (Wildman–Crippen MR) is 108 cm³/mol. The van der Waals surface area contributed by atoms with Crippen LogP contribution < -0.4 is 5.32 Å². The lowest BCUT2D eigenvalue weighted by atomic mass is 10.1. The Morgan fingerprint density at radius 2 is 2.08 bits per heavy atom. The molecule has 0 saturated carbocycles. The summed E-state index contributed by atoms with van der Waals surface area (Å²) in [6, 6.07) is 4.33. The fourth-order valence-corrected chi connectivity index (χ4v) is 4.76. The van der Waals surface area contributed by atoms with Crippen LogP contribution in [0.1, 0.15) is 31.4 Å². The Balaban J connectivity index is 1.68. The van der Waals surface area contributed by atoms with Gasteiger partial charge >= 0.3 is 0 Å². The molecule has 7 heteroatoms. The van der Waals surface area contributed by atoms with Crippen LogP contribution in [0.5, 0.6) is 0 Å². The van der Waals surface area contributed by atoms with Crippen molar-refractivity contribution in [2.45, 2.75) is 31.6 Å². The van der Waals surface area contributed by atoms with Crippen LogP contribution in [0.4, 0.5) is 0 Å². The summed E-state index contributed by atoms with van der Waals surface area (Å²) in [6.07, 6.45) is 0. The number of hydrogen-bond donors (Lipinski definition) is 1. The van der Waals surface area contributed by atoms with Gasteiger partial charge < -0.3 is 19.4 Å². The van der Waals surface area contributed by atoms with Gasteiger partial charge in [0.05, 0.1) is 19.3 Å². The molecule has 3 heterocycles. The molecule has 0 spiro atoms. The van der Waals surface area contributed by atoms with Crippen molar-refractivity contribution in [2.24, 2.45) is 4.99 Å². The minimum Gasteiger partial charge on any atom is -0.465 e. The fourth-order valence-electron chi connectivity index (χ4n) is 3.65. The number of furan rings is 1. The largest absolute Gasteiger partial charge is 0.465 e. The van der Waals surface area contributed by atoms with Gasteiger partial charge in [0.2, 0.25) is 0 Å². The summed E-state index contributed by atoms with van der Waals surface area (Å²) in [4.78, 5) is 9.36. The zero-order valence-electron chi connectivity index (χ0n) is 16.5. The molecule has 6 nitrogen and oxygen atoms in total. The Morgan fingerprint density at radius 1 is 1.31 bits per heavy atom. The number of thioether (sulfide) groups is 1. The van der Waals surface area contributed by atoms with Gasteiger partial charge in [-0.1, -0.05) is 0 Å². The van der Waals surface area contributed by atoms with E-state index in [4.69, 9.17) is 9.15 Å². The quantitative estimate of drug-likeness (QED) is 0.639. The second-order valence-electron chi connectivity index (χ2n) is 7.57. The Labute approximate surface area is 161 Å². The van der Waals surface area contributed by atoms with Crippen molar-refractivity contribution in [2.75, 3.05) is 58.7 Å². The molecule has 1 aromatic heterocycles. The smallest absolute Gasteiger partial charge is 0.193 e. The zero-order valence-corrected chi connectivity index (χ0v) is 17.3. The van der Waals surface area contributed by atoms with Crippen LogP contribution in [-0.2, 0) is 4.74 Å². The van der Waals surface area contributed by atoms with Gasteiger partial charge in [-0.25, -0.2) is 0 Å². The Bertz CT molecular complexity index is 610. The fraction of sp³-hybridized carbons (Fsp3) is 0.737. The molecular weight excluding hydrogens is 348 g/mol. The van der Waals surface area contributed by atoms with Gasteiger partial charge in [0.15, 0.2) is 5.96 Å². The summed E-state index contributed by atoms with van der Waals surface area (Å²) < 4.78 is 11.8. The summed E-state index contributed by atoms with van der Waals surface area (Å²) in [5.74, 6) is 4.09. The SMILES string of the molecule is CN=C(NCC(c1ccc(C)o1)N1CCOCC1)N1CCSC(C)(C)C1. The molecule has 1 unspecified atom stereocenters. The molecule has 2 saturated heterocycles. The molecule has 2 aliphatic heterocycles. The van der Waals surface area contributed by atoms with Gasteiger partial charge in [-0.15, -0.1) is 0 Å². The summed E-state index contributed by atoms with van der Waals surface area (Å²) in [5, 5.41) is 3.61. The Morgan fingerprint density at radius 3 is 2.69 bits per heavy atom. The third-order valence-corrected chi connectivity index (χ3v) is 6.26. The van der Waals surface area contributed by atoms with E-state index in [-0.39, 0.29) is 10.8 Å². The molecule has 1 atom stereocenters. The lowest BCUT2D eigenvalue weighted by Gasteiger charge is -2.40. The lowest BCUT2D eigenvalue weighted by Crippen LogP contribution is -2.52. The maximum absolute atomic E-state index is 5.96. The highest BCUT2D eigenvalue weighted by Crippen LogP contribution is 2.29. The van der Waals surface area contributed by atoms with Gasteiger partial charge in [-0.3, -0.25) is 9.89 Å². The number of aryl methyl sites for hydroxylation is 1. The normalized spacial score (nSPS) is 23.1. The van der Waals surface area contributed by atoms with Crippen LogP contribution in [-0.4, -0.2) is 79.2 Å². The van der Waals surface area contributed by atoms with Crippen molar-refractivity contribution in [3.8, 4) is 0 Å². The number of rotatable bonds is 4. The molecule has 26 heavy (non-hydrogen) atoms. The molecule has 0 amide bonds. The summed E-state index contributed by atoms with van der Waals surface area (Å²) in [6.45, 7) is 12.9. The van der Waals surface area contributed by atoms with Crippen LogP contribution in [0, 0.1) is 6.92 Å². The average Bonchev–Trinajstić information content (AvgIpc) is 3.05. The molecule has 0 aliphatic carbocycles. The van der Waals surface area contributed by atoms with Gasteiger partial charge in [-0.05, 0) is 32.9 Å². The third kappa shape index (κ3) is 4.96. The average molecular weight is 381 g/mol. The number of ether oxygens (including phenoxy) is 1. The molecule has 0 radical (unpaired) electrons. The van der Waals surface area contributed by atoms with Crippen LogP contribution in [0.15, 0.2) is 21.5 Å². The highest BCUT2D eigenvalue weighted by Gasteiger charge is 2.30. The molecule has 3 rings (SSSR count). The first-order valence-corrected chi connectivity index (χ1v) is 10.4. The van der Waals surface area contributed by atoms with Crippen molar-refractivity contribution in [3.63, 3.8) is 0 Å². The van der Waals surface area contributed by atoms with Crippen molar-refractivity contribution in [3.05, 3.63) is 23.7 Å². The first-order chi connectivity index (χ1) is 12.5. The summed E-state index contributed by atoms with van der Waals surface area (Å²) in [5.41, 5.74) is 0. The standard InChI is InChI=1S/C19H32N4O2S/c1-15-5-6-17(25-15)16(22-7-10-24-11-8-22)13-21-18(20-4)23-9-12-26-19(2,3)14-23/h5-6,16H,7-14H2,1-4H3,(H,20,21). The highest BCUT2D eigenvalue weighted by atomic mass is 32.2. The lowest BCUT2D eigenvalue weighted by molar-refractivity contribution is 0.0123. The molecule has 0 bridgehead atoms. The van der Waals surface area contributed by atoms with E-state index >= 15 is 0 Å². The van der Waals surface area contributed by atoms with Gasteiger partial charge in [0.25, 0.3) is 0 Å². The first kappa shape index (κ1) is 19.6. The van der Waals surface area contributed by atoms with E-state index in [1.54, 1.807) is 0 Å². The van der Waals surface area contributed by atoms with E-state index in [0.717, 1.165) is 69.2 Å². The number of nitrogens with zero attached hydrogens (tertiary/aromatic N) is 3. The van der Waals surface area contributed by atoms with E-state index in [1.165, 1.54) is 0 Å². The van der Waals surface area contributed by atoms with Crippen molar-refractivity contribution < 1.29 is 9.15 Å². The molecule has 0 aromatic carbocycles. The topological polar surface area (TPSA) is 53.2 Å². The maximum Gasteiger partial charge on any atom is 0.193 e. The van der Waals surface area contributed by atoms with Crippen molar-refractivity contribution in [1.29, 1.82) is 0 Å². The third-order valence-electron chi connectivity index (χ3n) is 4.97. The van der Waals surface area contributed by atoms with Crippen LogP contribution in [0.3, 0.4) is 0 Å². The molecular formula is C19H32N4O2S. The van der Waals surface area contributed by atoms with E-state index in [2.05, 4.69) is 40.0 Å². The van der Waals surface area contributed by atoms with E-state index < -0.39 is 0 Å². The number of aliphatic imine (C=N–C) groups is 1. The summed E-state index contributed by atoms with van der Waals surface area (Å²) >= 11 is 2.04. The summed E-state index contributed by atoms with van der Waals surface area (Å²) in [7, 11) is 1.87. The van der Waals surface area contributed by atoms with Crippen molar-refractivity contribution >= 4 is 17.7 Å². The second kappa shape index (κ2) is 8.67. The van der Waals surface area contributed by atoms with E-state index in [0.29, 0.717) is 0 Å². The van der Waals surface area contributed by atoms with Gasteiger partial charge in [0, 0.05) is 50.3 Å². The minimum absolute atomic E-state index is 0.191. The second-order valence-corrected chi connectivity index (χ2v) is 9.37. The molecule has 1 aromatic rings. The number of guanidine groups is 1. The van der Waals surface area contributed by atoms with E-state index in [1.807, 2.05) is 31.8 Å². The Kier molecular flexibility index (Phi) is 6.53. The number of nitrogens with one attached hydrogen (secondary N) is 1. The molecule has 146 valence electrons. The maximum atomic E-state index is 5.96. The van der Waals surface area contributed by atoms with Crippen molar-refractivity contribution in [1.82, 2.24) is 15.1 Å². The van der Waals surface area contributed by atoms with Gasteiger partial charge in [0.1, 0.15) is 11.5 Å². The van der Waals surface area contributed by atoms with E-state index in [9.17, 15) is 0 Å². The number of morpholine rings is 1. The van der Waals surface area contributed by atoms with Crippen LogP contribution in [0.25, 0.3) is 0 Å². The zero-order chi connectivity index (χ0) is 18.6. The highest BCUT2D eigenvalue weighted by molar-refractivity contribution is 8.00.